The first-order valence-corrected chi connectivity index (χ1v) is 10.2. The third-order valence-electron chi connectivity index (χ3n) is 6.52. The zero-order valence-electron chi connectivity index (χ0n) is 16.5. The second-order valence-corrected chi connectivity index (χ2v) is 7.97. The molecule has 0 amide bonds. The molecule has 1 fully saturated rings. The van der Waals surface area contributed by atoms with Gasteiger partial charge in [0.05, 0.1) is 0 Å². The van der Waals surface area contributed by atoms with E-state index in [2.05, 4.69) is 36.4 Å². The highest BCUT2D eigenvalue weighted by Crippen LogP contribution is 2.69. The van der Waals surface area contributed by atoms with Crippen molar-refractivity contribution >= 4 is 5.97 Å². The minimum absolute atomic E-state index is 0.550. The highest BCUT2D eigenvalue weighted by Gasteiger charge is 2.74. The smallest absolute Gasteiger partial charge is 0.315 e. The van der Waals surface area contributed by atoms with Gasteiger partial charge in [-0.15, -0.1) is 0 Å². The summed E-state index contributed by atoms with van der Waals surface area (Å²) in [7, 11) is 0. The van der Waals surface area contributed by atoms with E-state index >= 15 is 0 Å². The summed E-state index contributed by atoms with van der Waals surface area (Å²) >= 11 is 0. The van der Waals surface area contributed by atoms with E-state index in [1.807, 2.05) is 78.9 Å². The lowest BCUT2D eigenvalue weighted by Crippen LogP contribution is -2.31. The molecule has 0 bridgehead atoms. The Kier molecular flexibility index (Phi) is 4.29. The first-order valence-electron chi connectivity index (χ1n) is 10.2. The average molecular weight is 390 g/mol. The van der Waals surface area contributed by atoms with Gasteiger partial charge in [-0.25, -0.2) is 0 Å². The normalized spacial score (nSPS) is 19.2. The fourth-order valence-corrected chi connectivity index (χ4v) is 4.97. The number of benzene rings is 4. The number of aliphatic carboxylic acids is 1. The lowest BCUT2D eigenvalue weighted by Gasteiger charge is -2.25. The predicted octanol–water partition coefficient (Wildman–Crippen LogP) is 6.07. The van der Waals surface area contributed by atoms with Gasteiger partial charge in [0.1, 0.15) is 5.41 Å². The van der Waals surface area contributed by atoms with E-state index in [9.17, 15) is 9.90 Å². The molecule has 5 rings (SSSR count). The third-order valence-corrected chi connectivity index (χ3v) is 6.52. The van der Waals surface area contributed by atoms with Crippen molar-refractivity contribution in [1.82, 2.24) is 0 Å². The number of hydrogen-bond acceptors (Lipinski definition) is 1. The molecule has 0 unspecified atom stereocenters. The molecule has 0 saturated heterocycles. The van der Waals surface area contributed by atoms with E-state index in [1.165, 1.54) is 0 Å². The highest BCUT2D eigenvalue weighted by molar-refractivity contribution is 5.92. The molecule has 2 nitrogen and oxygen atoms in total. The summed E-state index contributed by atoms with van der Waals surface area (Å²) in [6, 6.07) is 38.3. The number of carbonyl (C=O) groups is 1. The predicted molar refractivity (Wildman–Crippen MR) is 119 cm³/mol. The minimum Gasteiger partial charge on any atom is -0.481 e. The van der Waals surface area contributed by atoms with Crippen LogP contribution < -0.4 is 0 Å². The molecule has 30 heavy (non-hydrogen) atoms. The maximum Gasteiger partial charge on any atom is 0.315 e. The topological polar surface area (TPSA) is 37.3 Å². The summed E-state index contributed by atoms with van der Waals surface area (Å²) in [6.45, 7) is 0. The van der Waals surface area contributed by atoms with Crippen molar-refractivity contribution in [3.63, 3.8) is 0 Å². The maximum atomic E-state index is 12.8. The van der Waals surface area contributed by atoms with Crippen molar-refractivity contribution in [3.05, 3.63) is 132 Å². The molecule has 0 heterocycles. The molecule has 1 N–H and O–H groups in total. The molecule has 0 aromatic heterocycles. The van der Waals surface area contributed by atoms with E-state index in [4.69, 9.17) is 0 Å². The van der Waals surface area contributed by atoms with Crippen LogP contribution in [-0.4, -0.2) is 11.1 Å². The van der Waals surface area contributed by atoms with E-state index < -0.39 is 16.8 Å². The first-order chi connectivity index (χ1) is 14.7. The molecule has 0 aliphatic heterocycles. The van der Waals surface area contributed by atoms with Crippen LogP contribution in [0.3, 0.4) is 0 Å². The number of rotatable bonds is 5. The van der Waals surface area contributed by atoms with Crippen LogP contribution in [0, 0.1) is 0 Å². The lowest BCUT2D eigenvalue weighted by molar-refractivity contribution is -0.140. The number of carboxylic acid groups (broad SMARTS) is 1. The number of carboxylic acids is 1. The van der Waals surface area contributed by atoms with Crippen LogP contribution in [0.2, 0.25) is 0 Å². The molecule has 4 aromatic carbocycles. The summed E-state index contributed by atoms with van der Waals surface area (Å²) in [5.41, 5.74) is 3.60. The molecular formula is C28H22O2. The van der Waals surface area contributed by atoms with Crippen LogP contribution in [-0.2, 0) is 15.6 Å². The maximum absolute atomic E-state index is 12.8. The minimum atomic E-state index is -0.981. The van der Waals surface area contributed by atoms with Gasteiger partial charge in [-0.2, -0.15) is 0 Å². The summed E-state index contributed by atoms with van der Waals surface area (Å²) in [6.07, 6.45) is 0.550. The van der Waals surface area contributed by atoms with Crippen molar-refractivity contribution < 1.29 is 9.90 Å². The second-order valence-electron chi connectivity index (χ2n) is 7.97. The molecule has 0 spiro atoms. The van der Waals surface area contributed by atoms with Gasteiger partial charge in [-0.1, -0.05) is 115 Å². The van der Waals surface area contributed by atoms with Crippen LogP contribution in [0.15, 0.2) is 115 Å². The van der Waals surface area contributed by atoms with E-state index in [0.29, 0.717) is 6.42 Å². The van der Waals surface area contributed by atoms with E-state index in [-0.39, 0.29) is 0 Å². The Morgan fingerprint density at radius 2 is 1.00 bits per heavy atom. The highest BCUT2D eigenvalue weighted by atomic mass is 16.4. The van der Waals surface area contributed by atoms with Gasteiger partial charge in [0.25, 0.3) is 0 Å². The second kappa shape index (κ2) is 7.00. The van der Waals surface area contributed by atoms with Gasteiger partial charge in [-0.3, -0.25) is 4.79 Å². The Labute approximate surface area is 176 Å². The van der Waals surface area contributed by atoms with Crippen LogP contribution in [0.25, 0.3) is 11.1 Å². The standard InChI is InChI=1S/C28H22O2/c29-26(30)28(25-18-16-22(17-19-25)21-10-4-1-5-11-21)20-27(28,23-12-6-2-7-13-23)24-14-8-3-9-15-24/h1-19H,20H2,(H,29,30)/t28-/m1/s1. The molecule has 1 saturated carbocycles. The van der Waals surface area contributed by atoms with Crippen LogP contribution >= 0.6 is 0 Å². The quantitative estimate of drug-likeness (QED) is 0.449. The van der Waals surface area contributed by atoms with Gasteiger partial charge >= 0.3 is 5.97 Å². The van der Waals surface area contributed by atoms with E-state index in [1.54, 1.807) is 0 Å². The third kappa shape index (κ3) is 2.61. The van der Waals surface area contributed by atoms with Crippen LogP contribution in [0.5, 0.6) is 0 Å². The van der Waals surface area contributed by atoms with Crippen molar-refractivity contribution in [2.45, 2.75) is 17.3 Å². The van der Waals surface area contributed by atoms with Crippen LogP contribution in [0.1, 0.15) is 23.1 Å². The number of hydrogen-bond donors (Lipinski definition) is 1. The molecule has 4 aromatic rings. The van der Waals surface area contributed by atoms with Crippen molar-refractivity contribution in [1.29, 1.82) is 0 Å². The zero-order valence-corrected chi connectivity index (χ0v) is 16.5. The van der Waals surface area contributed by atoms with Crippen molar-refractivity contribution in [3.8, 4) is 11.1 Å². The van der Waals surface area contributed by atoms with Gasteiger partial charge < -0.3 is 5.11 Å². The molecule has 1 atom stereocenters. The molecule has 0 radical (unpaired) electrons. The van der Waals surface area contributed by atoms with Gasteiger partial charge in [0.15, 0.2) is 0 Å². The van der Waals surface area contributed by atoms with Gasteiger partial charge in [0.2, 0.25) is 0 Å². The zero-order chi connectivity index (χ0) is 20.6. The molecule has 2 heteroatoms. The molecule has 146 valence electrons. The van der Waals surface area contributed by atoms with Gasteiger partial charge in [-0.05, 0) is 34.2 Å². The van der Waals surface area contributed by atoms with Crippen molar-refractivity contribution in [2.75, 3.05) is 0 Å². The Morgan fingerprint density at radius 3 is 1.47 bits per heavy atom. The Balaban J connectivity index is 1.66. The van der Waals surface area contributed by atoms with Crippen LogP contribution in [0.4, 0.5) is 0 Å². The SMILES string of the molecule is O=C(O)[C@]1(c2ccc(-c3ccccc3)cc2)CC1(c1ccccc1)c1ccccc1. The van der Waals surface area contributed by atoms with Crippen molar-refractivity contribution in [2.24, 2.45) is 0 Å². The largest absolute Gasteiger partial charge is 0.481 e. The molecule has 1 aliphatic carbocycles. The monoisotopic (exact) mass is 390 g/mol. The Bertz CT molecular complexity index is 1130. The Hall–Kier alpha value is -3.65. The lowest BCUT2D eigenvalue weighted by atomic mass is 9.77. The fraction of sp³-hybridized carbons (Fsp3) is 0.107. The van der Waals surface area contributed by atoms with Gasteiger partial charge in [0, 0.05) is 5.41 Å². The van der Waals surface area contributed by atoms with E-state index in [0.717, 1.165) is 27.8 Å². The summed E-state index contributed by atoms with van der Waals surface area (Å²) in [5, 5.41) is 10.5. The average Bonchev–Trinajstić information content (AvgIpc) is 3.54. The fourth-order valence-electron chi connectivity index (χ4n) is 4.97. The summed E-state index contributed by atoms with van der Waals surface area (Å²) < 4.78 is 0. The summed E-state index contributed by atoms with van der Waals surface area (Å²) in [5.74, 6) is -0.775. The molecular weight excluding hydrogens is 368 g/mol. The first kappa shape index (κ1) is 18.4. The summed E-state index contributed by atoms with van der Waals surface area (Å²) in [4.78, 5) is 12.8. The Morgan fingerprint density at radius 1 is 0.567 bits per heavy atom. The molecule has 1 aliphatic rings.